The first-order valence-corrected chi connectivity index (χ1v) is 5.14. The van der Waals surface area contributed by atoms with Gasteiger partial charge >= 0.3 is 0 Å². The minimum atomic E-state index is -0.546. The van der Waals surface area contributed by atoms with Crippen LogP contribution in [0.25, 0.3) is 10.9 Å². The summed E-state index contributed by atoms with van der Waals surface area (Å²) in [4.78, 5) is 14.0. The second-order valence-electron chi connectivity index (χ2n) is 3.69. The van der Waals surface area contributed by atoms with Crippen molar-refractivity contribution < 1.29 is 4.39 Å². The lowest BCUT2D eigenvalue weighted by Crippen LogP contribution is -2.19. The molecule has 0 aliphatic heterocycles. The van der Waals surface area contributed by atoms with Crippen LogP contribution in [0.1, 0.15) is 18.5 Å². The molecule has 3 nitrogen and oxygen atoms in total. The Morgan fingerprint density at radius 2 is 2.06 bits per heavy atom. The lowest BCUT2D eigenvalue weighted by Gasteiger charge is -2.07. The summed E-state index contributed by atoms with van der Waals surface area (Å²) in [6.45, 7) is 1.69. The number of halogens is 3. The highest BCUT2D eigenvalue weighted by molar-refractivity contribution is 6.31. The maximum Gasteiger partial charge on any atom is 0.253 e. The van der Waals surface area contributed by atoms with Gasteiger partial charge in [-0.15, -0.1) is 12.4 Å². The van der Waals surface area contributed by atoms with Crippen LogP contribution in [-0.2, 0) is 0 Å². The molecule has 0 radical (unpaired) electrons. The number of pyridine rings is 1. The normalized spacial score (nSPS) is 12.2. The number of H-pyrrole nitrogens is 1. The van der Waals surface area contributed by atoms with Crippen LogP contribution in [0.3, 0.4) is 0 Å². The van der Waals surface area contributed by atoms with Gasteiger partial charge < -0.3 is 10.7 Å². The van der Waals surface area contributed by atoms with Gasteiger partial charge in [0.2, 0.25) is 0 Å². The third-order valence-electron chi connectivity index (χ3n) is 2.39. The lowest BCUT2D eigenvalue weighted by atomic mass is 10.1. The number of nitrogens with two attached hydrogens (primary N) is 1. The first-order valence-electron chi connectivity index (χ1n) is 4.76. The topological polar surface area (TPSA) is 58.9 Å². The Balaban J connectivity index is 0.00000144. The average molecular weight is 277 g/mol. The largest absolute Gasteiger partial charge is 0.324 e. The molecule has 1 aromatic heterocycles. The molecule has 0 fully saturated rings. The van der Waals surface area contributed by atoms with Gasteiger partial charge in [0.05, 0.1) is 5.52 Å². The number of benzene rings is 1. The molecule has 0 saturated heterocycles. The Hall–Kier alpha value is -1.10. The second kappa shape index (κ2) is 5.04. The smallest absolute Gasteiger partial charge is 0.253 e. The molecule has 3 N–H and O–H groups in total. The zero-order valence-electron chi connectivity index (χ0n) is 8.96. The van der Waals surface area contributed by atoms with E-state index in [9.17, 15) is 9.18 Å². The molecule has 0 aliphatic rings. The molecule has 92 valence electrons. The quantitative estimate of drug-likeness (QED) is 0.842. The molecule has 0 saturated carbocycles. The Labute approximate surface area is 108 Å². The van der Waals surface area contributed by atoms with Crippen LogP contribution in [-0.4, -0.2) is 4.98 Å². The van der Waals surface area contributed by atoms with E-state index in [1.165, 1.54) is 0 Å². The van der Waals surface area contributed by atoms with Crippen molar-refractivity contribution in [3.05, 3.63) is 45.0 Å². The van der Waals surface area contributed by atoms with E-state index in [1.54, 1.807) is 19.1 Å². The SMILES string of the molecule is C[C@H](N)c1cc2cc(Cl)cc(F)c2[nH]c1=O.Cl. The maximum atomic E-state index is 13.5. The van der Waals surface area contributed by atoms with Crippen LogP contribution in [0.2, 0.25) is 5.02 Å². The van der Waals surface area contributed by atoms with E-state index in [1.807, 2.05) is 0 Å². The summed E-state index contributed by atoms with van der Waals surface area (Å²) in [5, 5.41) is 0.824. The van der Waals surface area contributed by atoms with E-state index in [-0.39, 0.29) is 28.5 Å². The van der Waals surface area contributed by atoms with Crippen LogP contribution in [0, 0.1) is 5.82 Å². The summed E-state index contributed by atoms with van der Waals surface area (Å²) in [5.41, 5.74) is 5.83. The summed E-state index contributed by atoms with van der Waals surface area (Å²) in [5.74, 6) is -0.546. The van der Waals surface area contributed by atoms with Crippen molar-refractivity contribution in [2.45, 2.75) is 13.0 Å². The number of hydrogen-bond donors (Lipinski definition) is 2. The maximum absolute atomic E-state index is 13.5. The monoisotopic (exact) mass is 276 g/mol. The first-order chi connectivity index (χ1) is 7.49. The molecule has 0 amide bonds. The van der Waals surface area contributed by atoms with Crippen molar-refractivity contribution in [3.63, 3.8) is 0 Å². The molecule has 0 spiro atoms. The number of hydrogen-bond acceptors (Lipinski definition) is 2. The molecule has 0 bridgehead atoms. The molecule has 1 atom stereocenters. The highest BCUT2D eigenvalue weighted by atomic mass is 35.5. The molecule has 0 aliphatic carbocycles. The number of rotatable bonds is 1. The Bertz CT molecular complexity index is 610. The van der Waals surface area contributed by atoms with Crippen molar-refractivity contribution >= 4 is 34.9 Å². The van der Waals surface area contributed by atoms with E-state index in [0.717, 1.165) is 6.07 Å². The summed E-state index contributed by atoms with van der Waals surface area (Å²) in [6, 6.07) is 3.90. The standard InChI is InChI=1S/C11H10ClFN2O.ClH/c1-5(14)8-3-6-2-7(12)4-9(13)10(6)15-11(8)16;/h2-5H,14H2,1H3,(H,15,16);1H/t5-;/m0./s1. The fraction of sp³-hybridized carbons (Fsp3) is 0.182. The molecule has 17 heavy (non-hydrogen) atoms. The van der Waals surface area contributed by atoms with Crippen LogP contribution < -0.4 is 11.3 Å². The van der Waals surface area contributed by atoms with E-state index in [2.05, 4.69) is 4.98 Å². The summed E-state index contributed by atoms with van der Waals surface area (Å²) < 4.78 is 13.5. The van der Waals surface area contributed by atoms with E-state index >= 15 is 0 Å². The number of aromatic nitrogens is 1. The van der Waals surface area contributed by atoms with Gasteiger partial charge in [0.25, 0.3) is 5.56 Å². The Kier molecular flexibility index (Phi) is 4.14. The number of fused-ring (bicyclic) bond motifs is 1. The average Bonchev–Trinajstić information content (AvgIpc) is 2.18. The van der Waals surface area contributed by atoms with Crippen LogP contribution in [0.15, 0.2) is 23.0 Å². The van der Waals surface area contributed by atoms with Crippen LogP contribution in [0.5, 0.6) is 0 Å². The van der Waals surface area contributed by atoms with Gasteiger partial charge in [-0.25, -0.2) is 4.39 Å². The van der Waals surface area contributed by atoms with Crippen molar-refractivity contribution in [1.29, 1.82) is 0 Å². The van der Waals surface area contributed by atoms with Gasteiger partial charge in [0, 0.05) is 22.0 Å². The third kappa shape index (κ3) is 2.60. The van der Waals surface area contributed by atoms with Gasteiger partial charge in [0.1, 0.15) is 5.82 Å². The van der Waals surface area contributed by atoms with Crippen molar-refractivity contribution in [3.8, 4) is 0 Å². The van der Waals surface area contributed by atoms with Gasteiger partial charge in [-0.05, 0) is 25.1 Å². The number of nitrogens with one attached hydrogen (secondary N) is 1. The van der Waals surface area contributed by atoms with Crippen LogP contribution >= 0.6 is 24.0 Å². The minimum absolute atomic E-state index is 0. The summed E-state index contributed by atoms with van der Waals surface area (Å²) in [7, 11) is 0. The number of aromatic amines is 1. The lowest BCUT2D eigenvalue weighted by molar-refractivity contribution is 0.636. The fourth-order valence-corrected chi connectivity index (χ4v) is 1.81. The van der Waals surface area contributed by atoms with Crippen molar-refractivity contribution in [2.24, 2.45) is 5.73 Å². The predicted molar refractivity (Wildman–Crippen MR) is 69.4 cm³/mol. The fourth-order valence-electron chi connectivity index (χ4n) is 1.60. The highest BCUT2D eigenvalue weighted by Crippen LogP contribution is 2.21. The van der Waals surface area contributed by atoms with E-state index < -0.39 is 11.9 Å². The summed E-state index contributed by atoms with van der Waals surface area (Å²) >= 11 is 5.73. The molecule has 0 unspecified atom stereocenters. The zero-order chi connectivity index (χ0) is 11.9. The highest BCUT2D eigenvalue weighted by Gasteiger charge is 2.10. The molecule has 2 aromatic rings. The molecular formula is C11H11Cl2FN2O. The Morgan fingerprint density at radius 3 is 2.65 bits per heavy atom. The van der Waals surface area contributed by atoms with E-state index in [4.69, 9.17) is 17.3 Å². The predicted octanol–water partition coefficient (Wildman–Crippen LogP) is 2.76. The van der Waals surface area contributed by atoms with Gasteiger partial charge in [-0.2, -0.15) is 0 Å². The molecule has 2 rings (SSSR count). The molecular weight excluding hydrogens is 266 g/mol. The van der Waals surface area contributed by atoms with Gasteiger partial charge in [-0.1, -0.05) is 11.6 Å². The molecule has 1 aromatic carbocycles. The van der Waals surface area contributed by atoms with Gasteiger partial charge in [0.15, 0.2) is 0 Å². The van der Waals surface area contributed by atoms with Crippen LogP contribution in [0.4, 0.5) is 4.39 Å². The van der Waals surface area contributed by atoms with Crippen molar-refractivity contribution in [2.75, 3.05) is 0 Å². The minimum Gasteiger partial charge on any atom is -0.324 e. The molecule has 6 heteroatoms. The van der Waals surface area contributed by atoms with Gasteiger partial charge in [-0.3, -0.25) is 4.79 Å². The third-order valence-corrected chi connectivity index (χ3v) is 2.61. The Morgan fingerprint density at radius 1 is 1.41 bits per heavy atom. The first kappa shape index (κ1) is 14.0. The second-order valence-corrected chi connectivity index (χ2v) is 4.13. The zero-order valence-corrected chi connectivity index (χ0v) is 10.5. The van der Waals surface area contributed by atoms with Crippen molar-refractivity contribution in [1.82, 2.24) is 4.98 Å². The summed E-state index contributed by atoms with van der Waals surface area (Å²) in [6.07, 6.45) is 0. The molecule has 1 heterocycles. The van der Waals surface area contributed by atoms with E-state index in [0.29, 0.717) is 10.9 Å².